The number of para-hydroxylation sites is 1. The van der Waals surface area contributed by atoms with Crippen LogP contribution in [-0.4, -0.2) is 30.1 Å². The third kappa shape index (κ3) is 3.26. The quantitative estimate of drug-likeness (QED) is 0.439. The minimum Gasteiger partial charge on any atom is -0.361 e. The Balaban J connectivity index is 1.33. The highest BCUT2D eigenvalue weighted by molar-refractivity contribution is 5.89. The van der Waals surface area contributed by atoms with Crippen LogP contribution >= 0.6 is 0 Å². The molecule has 1 N–H and O–H groups in total. The van der Waals surface area contributed by atoms with Crippen LogP contribution in [0.3, 0.4) is 0 Å². The van der Waals surface area contributed by atoms with Gasteiger partial charge in [0.2, 0.25) is 5.91 Å². The van der Waals surface area contributed by atoms with Crippen molar-refractivity contribution < 1.29 is 4.79 Å². The molecule has 0 atom stereocenters. The molecule has 1 aliphatic heterocycles. The molecule has 1 amide bonds. The highest BCUT2D eigenvalue weighted by atomic mass is 16.2. The van der Waals surface area contributed by atoms with Crippen LogP contribution < -0.4 is 0 Å². The van der Waals surface area contributed by atoms with Crippen molar-refractivity contribution in [2.75, 3.05) is 0 Å². The number of fused-ring (bicyclic) bond motifs is 2. The minimum atomic E-state index is 0.119. The number of hydrogen-bond donors (Lipinski definition) is 1. The topological polar surface area (TPSA) is 58.9 Å². The molecule has 33 heavy (non-hydrogen) atoms. The summed E-state index contributed by atoms with van der Waals surface area (Å²) in [5.74, 6) is 1.12. The summed E-state index contributed by atoms with van der Waals surface area (Å²) in [6.45, 7) is 5.33. The van der Waals surface area contributed by atoms with Gasteiger partial charge in [0.25, 0.3) is 0 Å². The molecule has 2 aromatic carbocycles. The second-order valence-corrected chi connectivity index (χ2v) is 8.81. The second kappa shape index (κ2) is 7.52. The smallest absolute Gasteiger partial charge is 0.227 e. The Labute approximate surface area is 192 Å². The van der Waals surface area contributed by atoms with E-state index in [1.807, 2.05) is 58.5 Å². The molecule has 4 heterocycles. The number of amides is 1. The predicted octanol–water partition coefficient (Wildman–Crippen LogP) is 4.85. The maximum absolute atomic E-state index is 13.2. The van der Waals surface area contributed by atoms with Crippen LogP contribution in [0, 0.1) is 13.8 Å². The summed E-state index contributed by atoms with van der Waals surface area (Å²) in [5.41, 5.74) is 7.69. The summed E-state index contributed by atoms with van der Waals surface area (Å²) < 4.78 is 4.10. The van der Waals surface area contributed by atoms with Crippen molar-refractivity contribution in [3.8, 4) is 11.5 Å². The number of carbonyl (C=O) groups is 1. The van der Waals surface area contributed by atoms with Crippen LogP contribution in [0.5, 0.6) is 0 Å². The van der Waals surface area contributed by atoms with Gasteiger partial charge in [0.05, 0.1) is 30.9 Å². The maximum atomic E-state index is 13.2. The molecule has 0 aliphatic carbocycles. The van der Waals surface area contributed by atoms with Crippen molar-refractivity contribution in [1.82, 2.24) is 24.2 Å². The number of benzene rings is 2. The first-order valence-corrected chi connectivity index (χ1v) is 11.2. The van der Waals surface area contributed by atoms with Crippen LogP contribution in [0.4, 0.5) is 0 Å². The van der Waals surface area contributed by atoms with E-state index in [2.05, 4.69) is 47.7 Å². The molecule has 0 saturated heterocycles. The number of nitrogens with zero attached hydrogens (tertiary/aromatic N) is 4. The first-order valence-electron chi connectivity index (χ1n) is 11.2. The van der Waals surface area contributed by atoms with E-state index in [1.165, 1.54) is 11.1 Å². The molecule has 0 fully saturated rings. The number of aryl methyl sites for hydroxylation is 2. The van der Waals surface area contributed by atoms with Crippen LogP contribution in [0.2, 0.25) is 0 Å². The van der Waals surface area contributed by atoms with E-state index in [9.17, 15) is 4.79 Å². The van der Waals surface area contributed by atoms with Crippen molar-refractivity contribution in [2.45, 2.75) is 33.4 Å². The van der Waals surface area contributed by atoms with Gasteiger partial charge < -0.3 is 14.5 Å². The lowest BCUT2D eigenvalue weighted by molar-refractivity contribution is -0.131. The van der Waals surface area contributed by atoms with Crippen molar-refractivity contribution in [3.05, 3.63) is 101 Å². The molecule has 6 heteroatoms. The molecule has 164 valence electrons. The number of nitrogens with one attached hydrogen (secondary N) is 1. The molecule has 0 saturated carbocycles. The van der Waals surface area contributed by atoms with Crippen molar-refractivity contribution in [3.63, 3.8) is 0 Å². The van der Waals surface area contributed by atoms with Crippen LogP contribution in [0.25, 0.3) is 22.4 Å². The lowest BCUT2D eigenvalue weighted by Gasteiger charge is -2.18. The van der Waals surface area contributed by atoms with Gasteiger partial charge in [-0.2, -0.15) is 5.10 Å². The fourth-order valence-electron chi connectivity index (χ4n) is 4.71. The van der Waals surface area contributed by atoms with E-state index in [4.69, 9.17) is 5.10 Å². The Bertz CT molecular complexity index is 1490. The van der Waals surface area contributed by atoms with Gasteiger partial charge in [0.15, 0.2) is 0 Å². The fourth-order valence-corrected chi connectivity index (χ4v) is 4.71. The number of rotatable bonds is 4. The summed E-state index contributed by atoms with van der Waals surface area (Å²) in [6, 6.07) is 18.5. The van der Waals surface area contributed by atoms with Gasteiger partial charge in [0.1, 0.15) is 5.82 Å². The zero-order valence-electron chi connectivity index (χ0n) is 18.7. The zero-order valence-corrected chi connectivity index (χ0v) is 18.7. The van der Waals surface area contributed by atoms with Crippen LogP contribution in [0.15, 0.2) is 73.2 Å². The monoisotopic (exact) mass is 435 g/mol. The fraction of sp³-hybridized carbons (Fsp3) is 0.185. The maximum Gasteiger partial charge on any atom is 0.227 e. The normalized spacial score (nSPS) is 13.1. The molecule has 5 aromatic rings. The summed E-state index contributed by atoms with van der Waals surface area (Å²) in [5, 5.41) is 6.07. The molecule has 6 nitrogen and oxygen atoms in total. The lowest BCUT2D eigenvalue weighted by Crippen LogP contribution is -2.27. The molecule has 3 aromatic heterocycles. The molecule has 6 rings (SSSR count). The number of hydrogen-bond acceptors (Lipinski definition) is 2. The summed E-state index contributed by atoms with van der Waals surface area (Å²) in [7, 11) is 0. The molecular weight excluding hydrogens is 410 g/mol. The SMILES string of the molecule is Cc1ccc(-n2nc3c(c2-n2cccc2)CN(C(=O)Cc2c[nH]c4ccccc24)C3)cc1C. The molecule has 1 aliphatic rings. The number of carbonyl (C=O) groups excluding carboxylic acids is 1. The van der Waals surface area contributed by atoms with Crippen molar-refractivity contribution in [1.29, 1.82) is 0 Å². The van der Waals surface area contributed by atoms with Crippen LogP contribution in [0.1, 0.15) is 27.9 Å². The van der Waals surface area contributed by atoms with Gasteiger partial charge in [0, 0.05) is 35.1 Å². The summed E-state index contributed by atoms with van der Waals surface area (Å²) in [6.07, 6.45) is 6.39. The third-order valence-electron chi connectivity index (χ3n) is 6.68. The summed E-state index contributed by atoms with van der Waals surface area (Å²) in [4.78, 5) is 18.4. The average molecular weight is 436 g/mol. The van der Waals surface area contributed by atoms with Gasteiger partial charge >= 0.3 is 0 Å². The van der Waals surface area contributed by atoms with E-state index in [-0.39, 0.29) is 5.91 Å². The van der Waals surface area contributed by atoms with E-state index in [0.29, 0.717) is 19.5 Å². The standard InChI is InChI=1S/C27H25N5O/c1-18-9-10-21(13-19(18)2)32-27(30-11-5-6-12-30)23-16-31(17-25(23)29-32)26(33)14-20-15-28-24-8-4-3-7-22(20)24/h3-13,15,28H,14,16-17H2,1-2H3. The molecule has 0 radical (unpaired) electrons. The molecule has 0 unspecified atom stereocenters. The first-order chi connectivity index (χ1) is 16.1. The Hall–Kier alpha value is -4.06. The highest BCUT2D eigenvalue weighted by Crippen LogP contribution is 2.31. The second-order valence-electron chi connectivity index (χ2n) is 8.81. The zero-order chi connectivity index (χ0) is 22.5. The Morgan fingerprint density at radius 1 is 1.00 bits per heavy atom. The van der Waals surface area contributed by atoms with Gasteiger partial charge in [-0.05, 0) is 60.9 Å². The first kappa shape index (κ1) is 19.6. The van der Waals surface area contributed by atoms with Crippen LogP contribution in [-0.2, 0) is 24.3 Å². The Morgan fingerprint density at radius 3 is 2.64 bits per heavy atom. The average Bonchev–Trinajstić information content (AvgIpc) is 3.59. The van der Waals surface area contributed by atoms with Gasteiger partial charge in [-0.1, -0.05) is 24.3 Å². The van der Waals surface area contributed by atoms with Gasteiger partial charge in [-0.3, -0.25) is 4.79 Å². The van der Waals surface area contributed by atoms with Gasteiger partial charge in [-0.25, -0.2) is 4.68 Å². The van der Waals surface area contributed by atoms with Crippen molar-refractivity contribution in [2.24, 2.45) is 0 Å². The third-order valence-corrected chi connectivity index (χ3v) is 6.68. The van der Waals surface area contributed by atoms with Gasteiger partial charge in [-0.15, -0.1) is 0 Å². The molecular formula is C27H25N5O. The van der Waals surface area contributed by atoms with E-state index in [0.717, 1.165) is 39.2 Å². The number of H-pyrrole nitrogens is 1. The minimum absolute atomic E-state index is 0.119. The van der Waals surface area contributed by atoms with E-state index >= 15 is 0 Å². The molecule has 0 spiro atoms. The van der Waals surface area contributed by atoms with E-state index in [1.54, 1.807) is 0 Å². The molecule has 0 bridgehead atoms. The predicted molar refractivity (Wildman–Crippen MR) is 129 cm³/mol. The number of aromatic nitrogens is 4. The van der Waals surface area contributed by atoms with E-state index < -0.39 is 0 Å². The Kier molecular flexibility index (Phi) is 4.47. The summed E-state index contributed by atoms with van der Waals surface area (Å²) >= 11 is 0. The largest absolute Gasteiger partial charge is 0.361 e. The van der Waals surface area contributed by atoms with Crippen molar-refractivity contribution >= 4 is 16.8 Å². The number of aromatic amines is 1. The lowest BCUT2D eigenvalue weighted by atomic mass is 10.1. The highest BCUT2D eigenvalue weighted by Gasteiger charge is 2.31. The Morgan fingerprint density at radius 2 is 1.82 bits per heavy atom.